The Hall–Kier alpha value is -1.73. The maximum absolute atomic E-state index is 5.96. The van der Waals surface area contributed by atoms with Gasteiger partial charge in [0.2, 0.25) is 5.28 Å². The first-order valence-electron chi connectivity index (χ1n) is 6.35. The fourth-order valence-electron chi connectivity index (χ4n) is 2.07. The lowest BCUT2D eigenvalue weighted by Gasteiger charge is -2.04. The van der Waals surface area contributed by atoms with Crippen molar-refractivity contribution < 1.29 is 0 Å². The molecule has 2 N–H and O–H groups in total. The van der Waals surface area contributed by atoms with Crippen LogP contribution in [0, 0.1) is 0 Å². The highest BCUT2D eigenvalue weighted by Crippen LogP contribution is 2.39. The molecule has 3 aromatic rings. The SMILES string of the molecule is Clc1nc(NCc2nccs2)c2[nH]c(C3CC3)nc2n1. The summed E-state index contributed by atoms with van der Waals surface area (Å²) in [7, 11) is 0. The zero-order valence-corrected chi connectivity index (χ0v) is 12.0. The number of aromatic amines is 1. The van der Waals surface area contributed by atoms with Crippen LogP contribution in [-0.4, -0.2) is 24.9 Å². The number of halogens is 1. The highest BCUT2D eigenvalue weighted by atomic mass is 35.5. The molecule has 3 heterocycles. The third kappa shape index (κ3) is 2.23. The molecule has 0 saturated heterocycles. The number of rotatable bonds is 4. The Kier molecular flexibility index (Phi) is 2.82. The minimum Gasteiger partial charge on any atom is -0.362 e. The van der Waals surface area contributed by atoms with Crippen molar-refractivity contribution in [1.29, 1.82) is 0 Å². The van der Waals surface area contributed by atoms with Crippen LogP contribution < -0.4 is 5.32 Å². The predicted molar refractivity (Wildman–Crippen MR) is 78.1 cm³/mol. The highest BCUT2D eigenvalue weighted by Gasteiger charge is 2.27. The first-order valence-corrected chi connectivity index (χ1v) is 7.61. The first kappa shape index (κ1) is 12.0. The van der Waals surface area contributed by atoms with Gasteiger partial charge in [0.15, 0.2) is 11.5 Å². The molecule has 1 aliphatic carbocycles. The molecular weight excluding hydrogens is 296 g/mol. The van der Waals surface area contributed by atoms with Crippen molar-refractivity contribution in [2.45, 2.75) is 25.3 Å². The van der Waals surface area contributed by atoms with E-state index in [-0.39, 0.29) is 5.28 Å². The number of fused-ring (bicyclic) bond motifs is 1. The maximum atomic E-state index is 5.96. The predicted octanol–water partition coefficient (Wildman–Crippen LogP) is 2.95. The molecule has 0 unspecified atom stereocenters. The molecule has 0 bridgehead atoms. The van der Waals surface area contributed by atoms with Gasteiger partial charge >= 0.3 is 0 Å². The summed E-state index contributed by atoms with van der Waals surface area (Å²) in [5.74, 6) is 2.19. The molecule has 20 heavy (non-hydrogen) atoms. The largest absolute Gasteiger partial charge is 0.362 e. The van der Waals surface area contributed by atoms with E-state index in [1.165, 1.54) is 12.8 Å². The molecule has 0 amide bonds. The van der Waals surface area contributed by atoms with Crippen LogP contribution in [0.15, 0.2) is 11.6 Å². The number of hydrogen-bond donors (Lipinski definition) is 2. The Morgan fingerprint density at radius 1 is 1.35 bits per heavy atom. The quantitative estimate of drug-likeness (QED) is 0.724. The normalized spacial score (nSPS) is 14.8. The van der Waals surface area contributed by atoms with E-state index in [9.17, 15) is 0 Å². The minimum atomic E-state index is 0.202. The summed E-state index contributed by atoms with van der Waals surface area (Å²) in [6, 6.07) is 0. The van der Waals surface area contributed by atoms with Crippen LogP contribution in [-0.2, 0) is 6.54 Å². The molecule has 3 aromatic heterocycles. The molecule has 0 aliphatic heterocycles. The lowest BCUT2D eigenvalue weighted by atomic mass is 10.4. The molecule has 1 aliphatic rings. The van der Waals surface area contributed by atoms with Gasteiger partial charge in [-0.05, 0) is 24.4 Å². The van der Waals surface area contributed by atoms with Gasteiger partial charge in [0.05, 0.1) is 6.54 Å². The topological polar surface area (TPSA) is 79.4 Å². The van der Waals surface area contributed by atoms with Crippen LogP contribution >= 0.6 is 22.9 Å². The van der Waals surface area contributed by atoms with Crippen molar-refractivity contribution in [1.82, 2.24) is 24.9 Å². The van der Waals surface area contributed by atoms with Crippen LogP contribution in [0.25, 0.3) is 11.2 Å². The van der Waals surface area contributed by atoms with Crippen molar-refractivity contribution in [3.63, 3.8) is 0 Å². The van der Waals surface area contributed by atoms with Gasteiger partial charge < -0.3 is 10.3 Å². The van der Waals surface area contributed by atoms with Gasteiger partial charge in [0.1, 0.15) is 16.3 Å². The molecular formula is C12H11ClN6S. The molecule has 0 radical (unpaired) electrons. The van der Waals surface area contributed by atoms with E-state index in [1.54, 1.807) is 17.5 Å². The van der Waals surface area contributed by atoms with Crippen LogP contribution in [0.2, 0.25) is 5.28 Å². The van der Waals surface area contributed by atoms with Crippen molar-refractivity contribution in [2.24, 2.45) is 0 Å². The van der Waals surface area contributed by atoms with E-state index in [4.69, 9.17) is 11.6 Å². The van der Waals surface area contributed by atoms with Gasteiger partial charge in [0, 0.05) is 17.5 Å². The third-order valence-corrected chi connectivity index (χ3v) is 4.15. The fraction of sp³-hybridized carbons (Fsp3) is 0.333. The van der Waals surface area contributed by atoms with E-state index in [2.05, 4.69) is 30.2 Å². The average molecular weight is 307 g/mol. The van der Waals surface area contributed by atoms with E-state index >= 15 is 0 Å². The number of nitrogens with zero attached hydrogens (tertiary/aromatic N) is 4. The lowest BCUT2D eigenvalue weighted by Crippen LogP contribution is -2.02. The summed E-state index contributed by atoms with van der Waals surface area (Å²) >= 11 is 7.56. The number of nitrogens with one attached hydrogen (secondary N) is 2. The summed E-state index contributed by atoms with van der Waals surface area (Å²) in [6.45, 7) is 0.609. The molecule has 1 saturated carbocycles. The van der Waals surface area contributed by atoms with Gasteiger partial charge in [-0.25, -0.2) is 9.97 Å². The van der Waals surface area contributed by atoms with Gasteiger partial charge in [-0.15, -0.1) is 11.3 Å². The zero-order valence-electron chi connectivity index (χ0n) is 10.4. The molecule has 102 valence electrons. The second kappa shape index (κ2) is 4.68. The minimum absolute atomic E-state index is 0.202. The second-order valence-electron chi connectivity index (χ2n) is 4.72. The number of aromatic nitrogens is 5. The van der Waals surface area contributed by atoms with Gasteiger partial charge in [0.25, 0.3) is 0 Å². The molecule has 0 spiro atoms. The van der Waals surface area contributed by atoms with Crippen LogP contribution in [0.3, 0.4) is 0 Å². The summed E-state index contributed by atoms with van der Waals surface area (Å²) in [5, 5.41) is 6.39. The summed E-state index contributed by atoms with van der Waals surface area (Å²) in [6.07, 6.45) is 4.15. The number of imidazole rings is 1. The van der Waals surface area contributed by atoms with E-state index in [0.717, 1.165) is 16.3 Å². The second-order valence-corrected chi connectivity index (χ2v) is 6.03. The molecule has 0 aromatic carbocycles. The molecule has 6 nitrogen and oxygen atoms in total. The van der Waals surface area contributed by atoms with Crippen LogP contribution in [0.1, 0.15) is 29.6 Å². The Balaban J connectivity index is 1.69. The number of anilines is 1. The third-order valence-electron chi connectivity index (χ3n) is 3.20. The molecule has 0 atom stereocenters. The monoisotopic (exact) mass is 306 g/mol. The van der Waals surface area contributed by atoms with Gasteiger partial charge in [-0.2, -0.15) is 9.97 Å². The van der Waals surface area contributed by atoms with Gasteiger partial charge in [-0.3, -0.25) is 0 Å². The summed E-state index contributed by atoms with van der Waals surface area (Å²) < 4.78 is 0. The van der Waals surface area contributed by atoms with Crippen molar-refractivity contribution >= 4 is 39.9 Å². The van der Waals surface area contributed by atoms with Crippen LogP contribution in [0.5, 0.6) is 0 Å². The number of H-pyrrole nitrogens is 1. The number of hydrogen-bond acceptors (Lipinski definition) is 6. The molecule has 1 fully saturated rings. The smallest absolute Gasteiger partial charge is 0.226 e. The lowest BCUT2D eigenvalue weighted by molar-refractivity contribution is 0.983. The summed E-state index contributed by atoms with van der Waals surface area (Å²) in [5.41, 5.74) is 1.43. The Labute approximate surface area is 123 Å². The van der Waals surface area contributed by atoms with Crippen molar-refractivity contribution in [3.8, 4) is 0 Å². The van der Waals surface area contributed by atoms with Crippen LogP contribution in [0.4, 0.5) is 5.82 Å². The maximum Gasteiger partial charge on any atom is 0.226 e. The van der Waals surface area contributed by atoms with Gasteiger partial charge in [-0.1, -0.05) is 0 Å². The van der Waals surface area contributed by atoms with Crippen molar-refractivity contribution in [3.05, 3.63) is 27.7 Å². The van der Waals surface area contributed by atoms with E-state index < -0.39 is 0 Å². The standard InChI is InChI=1S/C12H11ClN6S/c13-12-18-10(15-5-7-14-3-4-20-7)8-11(19-12)17-9(16-8)6-1-2-6/h3-4,6H,1-2,5H2,(H2,15,16,17,18,19). The fourth-order valence-corrected chi connectivity index (χ4v) is 2.79. The van der Waals surface area contributed by atoms with E-state index in [0.29, 0.717) is 23.9 Å². The summed E-state index contributed by atoms with van der Waals surface area (Å²) in [4.78, 5) is 20.5. The average Bonchev–Trinajstić information content (AvgIpc) is 2.99. The Morgan fingerprint density at radius 3 is 3.00 bits per heavy atom. The molecule has 4 rings (SSSR count). The highest BCUT2D eigenvalue weighted by molar-refractivity contribution is 7.09. The first-order chi connectivity index (χ1) is 9.79. The van der Waals surface area contributed by atoms with E-state index in [1.807, 2.05) is 5.38 Å². The number of thiazole rings is 1. The Bertz CT molecular complexity index is 749. The Morgan fingerprint density at radius 2 is 2.25 bits per heavy atom. The van der Waals surface area contributed by atoms with Crippen molar-refractivity contribution in [2.75, 3.05) is 5.32 Å². The zero-order chi connectivity index (χ0) is 13.5. The molecule has 8 heteroatoms.